The number of rotatable bonds is 2. The van der Waals surface area contributed by atoms with E-state index in [0.29, 0.717) is 25.7 Å². The molecule has 1 aromatic carbocycles. The predicted molar refractivity (Wildman–Crippen MR) is 97.5 cm³/mol. The van der Waals surface area contributed by atoms with Crippen LogP contribution in [0.4, 0.5) is 0 Å². The van der Waals surface area contributed by atoms with Crippen LogP contribution in [-0.4, -0.2) is 31.5 Å². The van der Waals surface area contributed by atoms with E-state index in [1.54, 1.807) is 0 Å². The maximum atomic E-state index is 12.8. The minimum Gasteiger partial charge on any atom is -0.299 e. The molecule has 136 valence electrons. The molecule has 1 aliphatic heterocycles. The summed E-state index contributed by atoms with van der Waals surface area (Å²) < 4.78 is 23.2. The lowest BCUT2D eigenvalue weighted by Crippen LogP contribution is -2.38. The topological polar surface area (TPSA) is 68.3 Å². The lowest BCUT2D eigenvalue weighted by molar-refractivity contribution is -0.134. The van der Waals surface area contributed by atoms with Gasteiger partial charge in [0, 0.05) is 12.8 Å². The van der Waals surface area contributed by atoms with Crippen molar-refractivity contribution in [3.63, 3.8) is 0 Å². The number of sulfone groups is 1. The SMILES string of the molecule is Cc1cc(C)c(C2C(=O)CC(C3CCS(=O)(=O)CC3)CC2=O)c(C)c1. The Hall–Kier alpha value is -1.49. The first-order valence-corrected chi connectivity index (χ1v) is 10.8. The summed E-state index contributed by atoms with van der Waals surface area (Å²) in [5.74, 6) is -0.0548. The highest BCUT2D eigenvalue weighted by Crippen LogP contribution is 2.40. The third-order valence-corrected chi connectivity index (χ3v) is 7.58. The summed E-state index contributed by atoms with van der Waals surface area (Å²) in [6, 6.07) is 4.06. The molecule has 3 rings (SSSR count). The first-order valence-electron chi connectivity index (χ1n) is 9.01. The fourth-order valence-corrected chi connectivity index (χ4v) is 6.21. The van der Waals surface area contributed by atoms with Gasteiger partial charge in [0.05, 0.1) is 11.5 Å². The Balaban J connectivity index is 1.80. The summed E-state index contributed by atoms with van der Waals surface area (Å²) in [7, 11) is -2.92. The predicted octanol–water partition coefficient (Wildman–Crippen LogP) is 3.07. The first-order chi connectivity index (χ1) is 11.7. The Kier molecular flexibility index (Phi) is 4.89. The Morgan fingerprint density at radius 2 is 1.32 bits per heavy atom. The van der Waals surface area contributed by atoms with E-state index in [4.69, 9.17) is 0 Å². The van der Waals surface area contributed by atoms with Gasteiger partial charge in [0.1, 0.15) is 27.3 Å². The zero-order chi connectivity index (χ0) is 18.4. The van der Waals surface area contributed by atoms with Crippen molar-refractivity contribution in [2.45, 2.75) is 52.4 Å². The third kappa shape index (κ3) is 3.71. The van der Waals surface area contributed by atoms with Crippen molar-refractivity contribution in [2.24, 2.45) is 11.8 Å². The number of hydrogen-bond acceptors (Lipinski definition) is 4. The Labute approximate surface area is 149 Å². The molecule has 0 radical (unpaired) electrons. The van der Waals surface area contributed by atoms with Crippen LogP contribution in [0.2, 0.25) is 0 Å². The van der Waals surface area contributed by atoms with Crippen molar-refractivity contribution in [2.75, 3.05) is 11.5 Å². The maximum absolute atomic E-state index is 12.8. The quantitative estimate of drug-likeness (QED) is 0.758. The average molecular weight is 362 g/mol. The van der Waals surface area contributed by atoms with Crippen molar-refractivity contribution < 1.29 is 18.0 Å². The second-order valence-electron chi connectivity index (χ2n) is 7.84. The number of carbonyl (C=O) groups is 2. The normalized spacial score (nSPS) is 27.5. The molecule has 0 bridgehead atoms. The highest BCUT2D eigenvalue weighted by atomic mass is 32.2. The van der Waals surface area contributed by atoms with Crippen molar-refractivity contribution in [3.8, 4) is 0 Å². The van der Waals surface area contributed by atoms with Gasteiger partial charge in [-0.2, -0.15) is 0 Å². The molecule has 0 unspecified atom stereocenters. The van der Waals surface area contributed by atoms with Gasteiger partial charge in [-0.3, -0.25) is 9.59 Å². The second-order valence-corrected chi connectivity index (χ2v) is 10.1. The van der Waals surface area contributed by atoms with Gasteiger partial charge in [-0.05, 0) is 62.1 Å². The molecule has 0 amide bonds. The lowest BCUT2D eigenvalue weighted by Gasteiger charge is -2.35. The summed E-state index contributed by atoms with van der Waals surface area (Å²) in [6.45, 7) is 5.95. The van der Waals surface area contributed by atoms with Gasteiger partial charge in [-0.1, -0.05) is 17.7 Å². The number of Topliss-reactive ketones (excluding diaryl/α,β-unsaturated/α-hetero) is 2. The highest BCUT2D eigenvalue weighted by Gasteiger charge is 2.41. The van der Waals surface area contributed by atoms with Crippen LogP contribution in [0, 0.1) is 32.6 Å². The van der Waals surface area contributed by atoms with Gasteiger partial charge in [0.15, 0.2) is 0 Å². The monoisotopic (exact) mass is 362 g/mol. The molecular formula is C20H26O4S. The largest absolute Gasteiger partial charge is 0.299 e. The van der Waals surface area contributed by atoms with Crippen LogP contribution in [0.1, 0.15) is 53.9 Å². The zero-order valence-electron chi connectivity index (χ0n) is 15.2. The van der Waals surface area contributed by atoms with Crippen LogP contribution in [-0.2, 0) is 19.4 Å². The van der Waals surface area contributed by atoms with Crippen molar-refractivity contribution in [3.05, 3.63) is 34.4 Å². The van der Waals surface area contributed by atoms with Crippen LogP contribution in [0.15, 0.2) is 12.1 Å². The van der Waals surface area contributed by atoms with Crippen LogP contribution < -0.4 is 0 Å². The molecule has 1 saturated carbocycles. The fourth-order valence-electron chi connectivity index (χ4n) is 4.69. The standard InChI is InChI=1S/C20H26O4S/c1-12-8-13(2)19(14(3)9-12)20-17(21)10-16(11-18(20)22)15-4-6-25(23,24)7-5-15/h8-9,15-16,20H,4-7,10-11H2,1-3H3. The summed E-state index contributed by atoms with van der Waals surface area (Å²) in [5.41, 5.74) is 4.03. The van der Waals surface area contributed by atoms with Crippen molar-refractivity contribution >= 4 is 21.4 Å². The van der Waals surface area contributed by atoms with Crippen LogP contribution in [0.3, 0.4) is 0 Å². The number of hydrogen-bond donors (Lipinski definition) is 0. The maximum Gasteiger partial charge on any atom is 0.150 e. The number of aryl methyl sites for hydroxylation is 3. The molecular weight excluding hydrogens is 336 g/mol. The zero-order valence-corrected chi connectivity index (χ0v) is 16.0. The molecule has 0 N–H and O–H groups in total. The van der Waals surface area contributed by atoms with E-state index in [1.165, 1.54) is 0 Å². The van der Waals surface area contributed by atoms with Gasteiger partial charge < -0.3 is 0 Å². The molecule has 0 aromatic heterocycles. The van der Waals surface area contributed by atoms with E-state index < -0.39 is 15.8 Å². The Morgan fingerprint density at radius 3 is 1.80 bits per heavy atom. The van der Waals surface area contributed by atoms with E-state index >= 15 is 0 Å². The molecule has 1 saturated heterocycles. The Bertz CT molecular complexity index is 767. The molecule has 25 heavy (non-hydrogen) atoms. The van der Waals surface area contributed by atoms with Crippen molar-refractivity contribution in [1.29, 1.82) is 0 Å². The molecule has 1 aromatic rings. The number of benzene rings is 1. The summed E-state index contributed by atoms with van der Waals surface area (Å²) in [5, 5.41) is 0. The van der Waals surface area contributed by atoms with Crippen LogP contribution in [0.25, 0.3) is 0 Å². The first kappa shape index (κ1) is 18.3. The summed E-state index contributed by atoms with van der Waals surface area (Å²) >= 11 is 0. The van der Waals surface area contributed by atoms with E-state index in [9.17, 15) is 18.0 Å². The number of carbonyl (C=O) groups excluding carboxylic acids is 2. The van der Waals surface area contributed by atoms with Gasteiger partial charge in [-0.25, -0.2) is 8.42 Å². The minimum atomic E-state index is -2.92. The summed E-state index contributed by atoms with van der Waals surface area (Å²) in [6.07, 6.45) is 1.96. The van der Waals surface area contributed by atoms with E-state index in [-0.39, 0.29) is 34.9 Å². The van der Waals surface area contributed by atoms with Gasteiger partial charge >= 0.3 is 0 Å². The minimum absolute atomic E-state index is 0.00438. The Morgan fingerprint density at radius 1 is 0.840 bits per heavy atom. The number of ketones is 2. The van der Waals surface area contributed by atoms with Crippen molar-refractivity contribution in [1.82, 2.24) is 0 Å². The van der Waals surface area contributed by atoms with E-state index in [0.717, 1.165) is 22.3 Å². The molecule has 0 spiro atoms. The lowest BCUT2D eigenvalue weighted by atomic mass is 9.69. The third-order valence-electron chi connectivity index (χ3n) is 5.86. The molecule has 5 heteroatoms. The van der Waals surface area contributed by atoms with E-state index in [2.05, 4.69) is 0 Å². The van der Waals surface area contributed by atoms with Crippen LogP contribution in [0.5, 0.6) is 0 Å². The molecule has 1 aliphatic carbocycles. The van der Waals surface area contributed by atoms with Crippen LogP contribution >= 0.6 is 0 Å². The smallest absolute Gasteiger partial charge is 0.150 e. The summed E-state index contributed by atoms with van der Waals surface area (Å²) in [4.78, 5) is 25.7. The van der Waals surface area contributed by atoms with Gasteiger partial charge in [-0.15, -0.1) is 0 Å². The van der Waals surface area contributed by atoms with Gasteiger partial charge in [0.25, 0.3) is 0 Å². The molecule has 2 aliphatic rings. The van der Waals surface area contributed by atoms with Gasteiger partial charge in [0.2, 0.25) is 0 Å². The van der Waals surface area contributed by atoms with E-state index in [1.807, 2.05) is 32.9 Å². The molecule has 2 fully saturated rings. The average Bonchev–Trinajstić information content (AvgIpc) is 2.48. The highest BCUT2D eigenvalue weighted by molar-refractivity contribution is 7.91. The second kappa shape index (κ2) is 6.67. The molecule has 0 atom stereocenters. The molecule has 1 heterocycles. The fraction of sp³-hybridized carbons (Fsp3) is 0.600. The molecule has 4 nitrogen and oxygen atoms in total.